The summed E-state index contributed by atoms with van der Waals surface area (Å²) in [7, 11) is 1.37. The fraction of sp³-hybridized carbons (Fsp3) is 0.231. The molecule has 0 bridgehead atoms. The number of carbonyl (C=O) groups excluding carboxylic acids is 1. The highest BCUT2D eigenvalue weighted by Crippen LogP contribution is 2.34. The Bertz CT molecular complexity index is 1090. The second kappa shape index (κ2) is 9.14. The Kier molecular flexibility index (Phi) is 6.14. The maximum Gasteiger partial charge on any atom is 0.337 e. The van der Waals surface area contributed by atoms with Gasteiger partial charge in [-0.15, -0.1) is 0 Å². The first-order valence-corrected chi connectivity index (χ1v) is 10.5. The smallest absolute Gasteiger partial charge is 0.337 e. The van der Waals surface area contributed by atoms with E-state index in [1.54, 1.807) is 18.2 Å². The molecule has 158 valence electrons. The minimum absolute atomic E-state index is 0.0927. The molecule has 0 aromatic heterocycles. The van der Waals surface area contributed by atoms with Crippen molar-refractivity contribution in [1.29, 1.82) is 0 Å². The van der Waals surface area contributed by atoms with Crippen molar-refractivity contribution in [2.75, 3.05) is 7.11 Å². The number of aliphatic imine (C=N–C) groups is 1. The van der Waals surface area contributed by atoms with E-state index in [0.29, 0.717) is 12.0 Å². The highest BCUT2D eigenvalue weighted by Gasteiger charge is 2.27. The second-order valence-electron chi connectivity index (χ2n) is 7.62. The zero-order valence-corrected chi connectivity index (χ0v) is 17.7. The third-order valence-corrected chi connectivity index (χ3v) is 5.70. The number of hydrogen-bond acceptors (Lipinski definition) is 5. The van der Waals surface area contributed by atoms with Crippen molar-refractivity contribution in [3.63, 3.8) is 0 Å². The van der Waals surface area contributed by atoms with Gasteiger partial charge in [0.15, 0.2) is 0 Å². The summed E-state index contributed by atoms with van der Waals surface area (Å²) in [6.45, 7) is 2.14. The van der Waals surface area contributed by atoms with Gasteiger partial charge in [0.25, 0.3) is 0 Å². The lowest BCUT2D eigenvalue weighted by Crippen LogP contribution is -2.33. The molecule has 2 atom stereocenters. The number of ether oxygens (including phenoxy) is 1. The van der Waals surface area contributed by atoms with Crippen molar-refractivity contribution in [2.45, 2.75) is 32.0 Å². The van der Waals surface area contributed by atoms with Gasteiger partial charge < -0.3 is 9.84 Å². The van der Waals surface area contributed by atoms with E-state index in [0.717, 1.165) is 28.8 Å². The summed E-state index contributed by atoms with van der Waals surface area (Å²) in [5.41, 5.74) is 5.63. The van der Waals surface area contributed by atoms with Crippen LogP contribution < -0.4 is 5.32 Å². The van der Waals surface area contributed by atoms with E-state index in [2.05, 4.69) is 36.5 Å². The van der Waals surface area contributed by atoms with Crippen LogP contribution in [0.1, 0.15) is 58.2 Å². The molecule has 3 aromatic carbocycles. The zero-order chi connectivity index (χ0) is 21.8. The molecule has 4 rings (SSSR count). The second-order valence-corrected chi connectivity index (χ2v) is 7.62. The monoisotopic (exact) mass is 414 g/mol. The maximum absolute atomic E-state index is 11.8. The van der Waals surface area contributed by atoms with Gasteiger partial charge in [-0.2, -0.15) is 0 Å². The number of methoxy groups -OCH3 is 1. The molecule has 1 heterocycles. The molecule has 2 N–H and O–H groups in total. The fourth-order valence-corrected chi connectivity index (χ4v) is 3.89. The first-order valence-electron chi connectivity index (χ1n) is 10.5. The Morgan fingerprint density at radius 3 is 2.42 bits per heavy atom. The van der Waals surface area contributed by atoms with Crippen molar-refractivity contribution < 1.29 is 14.6 Å². The number of phenols is 1. The van der Waals surface area contributed by atoms with E-state index in [-0.39, 0.29) is 23.9 Å². The quantitative estimate of drug-likeness (QED) is 0.579. The predicted octanol–water partition coefficient (Wildman–Crippen LogP) is 4.96. The first-order chi connectivity index (χ1) is 15.1. The van der Waals surface area contributed by atoms with Gasteiger partial charge >= 0.3 is 5.97 Å². The number of esters is 1. The van der Waals surface area contributed by atoms with Gasteiger partial charge in [0, 0.05) is 23.7 Å². The summed E-state index contributed by atoms with van der Waals surface area (Å²) in [6, 6.07) is 23.1. The number of aromatic hydroxyl groups is 1. The molecule has 0 saturated carbocycles. The number of nitrogens with zero attached hydrogens (tertiary/aromatic N) is 1. The zero-order valence-electron chi connectivity index (χ0n) is 17.7. The van der Waals surface area contributed by atoms with Crippen molar-refractivity contribution in [3.05, 3.63) is 101 Å². The molecular weight excluding hydrogens is 388 g/mol. The number of benzene rings is 3. The van der Waals surface area contributed by atoms with Crippen molar-refractivity contribution in [1.82, 2.24) is 5.32 Å². The van der Waals surface area contributed by atoms with Crippen LogP contribution in [0.3, 0.4) is 0 Å². The van der Waals surface area contributed by atoms with E-state index in [1.165, 1.54) is 12.7 Å². The van der Waals surface area contributed by atoms with Crippen LogP contribution >= 0.6 is 0 Å². The van der Waals surface area contributed by atoms with Crippen molar-refractivity contribution in [2.24, 2.45) is 4.99 Å². The van der Waals surface area contributed by atoms with E-state index in [4.69, 9.17) is 9.73 Å². The van der Waals surface area contributed by atoms with E-state index >= 15 is 0 Å². The van der Waals surface area contributed by atoms with Crippen molar-refractivity contribution >= 4 is 11.7 Å². The lowest BCUT2D eigenvalue weighted by Gasteiger charge is -2.31. The van der Waals surface area contributed by atoms with Crippen LogP contribution in [0.5, 0.6) is 5.75 Å². The molecule has 2 unspecified atom stereocenters. The first kappa shape index (κ1) is 20.8. The van der Waals surface area contributed by atoms with Gasteiger partial charge in [-0.3, -0.25) is 10.3 Å². The number of carbonyl (C=O) groups is 1. The summed E-state index contributed by atoms with van der Waals surface area (Å²) in [5.74, 6) is -0.0992. The van der Waals surface area contributed by atoms with E-state index in [1.807, 2.05) is 30.3 Å². The summed E-state index contributed by atoms with van der Waals surface area (Å²) >= 11 is 0. The lowest BCUT2D eigenvalue weighted by atomic mass is 9.93. The van der Waals surface area contributed by atoms with Crippen LogP contribution in [-0.4, -0.2) is 23.9 Å². The molecular formula is C26H26N2O3. The highest BCUT2D eigenvalue weighted by atomic mass is 16.5. The number of para-hydroxylation sites is 1. The largest absolute Gasteiger partial charge is 0.508 e. The fourth-order valence-electron chi connectivity index (χ4n) is 3.89. The predicted molar refractivity (Wildman–Crippen MR) is 121 cm³/mol. The topological polar surface area (TPSA) is 70.9 Å². The molecule has 5 nitrogen and oxygen atoms in total. The van der Waals surface area contributed by atoms with Gasteiger partial charge in [0.2, 0.25) is 0 Å². The molecule has 0 spiro atoms. The highest BCUT2D eigenvalue weighted by molar-refractivity contribution is 6.01. The lowest BCUT2D eigenvalue weighted by molar-refractivity contribution is 0.0600. The molecule has 1 aliphatic heterocycles. The Morgan fingerprint density at radius 1 is 1.06 bits per heavy atom. The maximum atomic E-state index is 11.8. The Balaban J connectivity index is 1.71. The molecule has 1 aliphatic rings. The Hall–Kier alpha value is -3.44. The minimum atomic E-state index is -0.365. The molecule has 0 amide bonds. The average molecular weight is 415 g/mol. The van der Waals surface area contributed by atoms with Crippen LogP contribution in [0.2, 0.25) is 0 Å². The van der Waals surface area contributed by atoms with Crippen LogP contribution in [-0.2, 0) is 11.2 Å². The van der Waals surface area contributed by atoms with Crippen molar-refractivity contribution in [3.8, 4) is 5.75 Å². The van der Waals surface area contributed by atoms with Gasteiger partial charge in [0.05, 0.1) is 12.7 Å². The average Bonchev–Trinajstić information content (AvgIpc) is 2.83. The number of nitrogens with one attached hydrogen (secondary N) is 1. The van der Waals surface area contributed by atoms with Gasteiger partial charge in [-0.1, -0.05) is 61.5 Å². The van der Waals surface area contributed by atoms with Gasteiger partial charge in [-0.25, -0.2) is 4.79 Å². The summed E-state index contributed by atoms with van der Waals surface area (Å²) in [5, 5.41) is 14.0. The Morgan fingerprint density at radius 2 is 1.77 bits per heavy atom. The van der Waals surface area contributed by atoms with Gasteiger partial charge in [0.1, 0.15) is 11.9 Å². The summed E-state index contributed by atoms with van der Waals surface area (Å²) in [4.78, 5) is 16.8. The number of rotatable bonds is 5. The van der Waals surface area contributed by atoms with Crippen LogP contribution in [0, 0.1) is 0 Å². The standard InChI is InChI=1S/C26H26N2O3/c1-3-17-8-10-18(11-9-17)22-16-23(21-6-4-5-7-24(21)29)28-25(27-22)19-12-14-20(15-13-19)26(30)31-2/h4-15,23,25,28-29H,3,16H2,1-2H3. The third-order valence-electron chi connectivity index (χ3n) is 5.70. The SMILES string of the molecule is CCc1ccc(C2=NC(c3ccc(C(=O)OC)cc3)NC(c3ccccc3O)C2)cc1. The molecule has 0 aliphatic carbocycles. The molecule has 0 fully saturated rings. The molecule has 5 heteroatoms. The van der Waals surface area contributed by atoms with Crippen LogP contribution in [0.4, 0.5) is 0 Å². The van der Waals surface area contributed by atoms with E-state index < -0.39 is 0 Å². The molecule has 3 aromatic rings. The third kappa shape index (κ3) is 4.52. The summed E-state index contributed by atoms with van der Waals surface area (Å²) in [6.07, 6.45) is 1.36. The number of aryl methyl sites for hydroxylation is 1. The van der Waals surface area contributed by atoms with Crippen LogP contribution in [0.25, 0.3) is 0 Å². The molecule has 0 saturated heterocycles. The number of phenolic OH excluding ortho intramolecular Hbond substituents is 1. The summed E-state index contributed by atoms with van der Waals surface area (Å²) < 4.78 is 4.79. The minimum Gasteiger partial charge on any atom is -0.508 e. The van der Waals surface area contributed by atoms with Crippen LogP contribution in [0.15, 0.2) is 77.8 Å². The van der Waals surface area contributed by atoms with E-state index in [9.17, 15) is 9.90 Å². The Labute approximate surface area is 182 Å². The number of hydrogen-bond donors (Lipinski definition) is 2. The molecule has 31 heavy (non-hydrogen) atoms. The normalized spacial score (nSPS) is 18.3. The molecule has 0 radical (unpaired) electrons. The van der Waals surface area contributed by atoms with Gasteiger partial charge in [-0.05, 0) is 41.3 Å².